The average Bonchev–Trinajstić information content (AvgIpc) is 2.30. The first-order chi connectivity index (χ1) is 7.77. The predicted molar refractivity (Wildman–Crippen MR) is 57.8 cm³/mol. The van der Waals surface area contributed by atoms with E-state index in [2.05, 4.69) is 10.2 Å². The van der Waals surface area contributed by atoms with E-state index in [9.17, 15) is 4.79 Å². The van der Waals surface area contributed by atoms with Gasteiger partial charge in [0, 0.05) is 12.7 Å². The van der Waals surface area contributed by atoms with Gasteiger partial charge in [0.25, 0.3) is 0 Å². The van der Waals surface area contributed by atoms with Crippen LogP contribution in [-0.2, 0) is 20.9 Å². The number of hydrogen-bond acceptors (Lipinski definition) is 5. The van der Waals surface area contributed by atoms with Gasteiger partial charge in [0.05, 0.1) is 13.7 Å². The van der Waals surface area contributed by atoms with Crippen LogP contribution in [-0.4, -0.2) is 26.8 Å². The second-order valence-electron chi connectivity index (χ2n) is 3.04. The van der Waals surface area contributed by atoms with Gasteiger partial charge >= 0.3 is 5.97 Å². The Morgan fingerprint density at radius 3 is 2.75 bits per heavy atom. The normalized spacial score (nSPS) is 9.88. The molecule has 0 saturated carbocycles. The van der Waals surface area contributed by atoms with Crippen LogP contribution in [0.15, 0.2) is 24.3 Å². The van der Waals surface area contributed by atoms with Crippen LogP contribution in [0.3, 0.4) is 0 Å². The van der Waals surface area contributed by atoms with E-state index in [0.29, 0.717) is 6.54 Å². The molecule has 0 aliphatic rings. The lowest BCUT2D eigenvalue weighted by atomic mass is 10.2. The van der Waals surface area contributed by atoms with Crippen molar-refractivity contribution in [2.24, 2.45) is 0 Å². The highest BCUT2D eigenvalue weighted by atomic mass is 16.7. The minimum atomic E-state index is -0.461. The molecule has 5 nitrogen and oxygen atoms in total. The summed E-state index contributed by atoms with van der Waals surface area (Å²) in [6.45, 7) is 0.318. The summed E-state index contributed by atoms with van der Waals surface area (Å²) in [5.74, 6) is 0.287. The molecule has 1 aromatic rings. The lowest BCUT2D eigenvalue weighted by Crippen LogP contribution is -2.22. The summed E-state index contributed by atoms with van der Waals surface area (Å²) in [5, 5.41) is 0. The number of hydrogen-bond donors (Lipinski definition) is 1. The van der Waals surface area contributed by atoms with Gasteiger partial charge in [0.1, 0.15) is 12.4 Å². The van der Waals surface area contributed by atoms with E-state index in [0.717, 1.165) is 11.3 Å². The number of ether oxygens (including phenoxy) is 2. The maximum absolute atomic E-state index is 10.9. The molecule has 88 valence electrons. The maximum atomic E-state index is 10.9. The molecule has 1 N–H and O–H groups in total. The number of methoxy groups -OCH3 is 2. The summed E-state index contributed by atoms with van der Waals surface area (Å²) in [5.41, 5.74) is 3.46. The predicted octanol–water partition coefficient (Wildman–Crippen LogP) is 0.889. The number of para-hydroxylation sites is 1. The summed E-state index contributed by atoms with van der Waals surface area (Å²) < 4.78 is 9.76. The molecule has 0 amide bonds. The molecule has 0 fully saturated rings. The van der Waals surface area contributed by atoms with Crippen molar-refractivity contribution in [2.75, 3.05) is 20.8 Å². The quantitative estimate of drug-likeness (QED) is 0.729. The topological polar surface area (TPSA) is 56.8 Å². The van der Waals surface area contributed by atoms with Crippen molar-refractivity contribution in [3.63, 3.8) is 0 Å². The van der Waals surface area contributed by atoms with E-state index in [1.807, 2.05) is 24.3 Å². The molecule has 0 radical (unpaired) electrons. The Balaban J connectivity index is 2.39. The van der Waals surface area contributed by atoms with Crippen molar-refractivity contribution in [1.82, 2.24) is 5.48 Å². The summed E-state index contributed by atoms with van der Waals surface area (Å²) in [7, 11) is 3.03. The van der Waals surface area contributed by atoms with Crippen molar-refractivity contribution in [1.29, 1.82) is 0 Å². The van der Waals surface area contributed by atoms with E-state index in [1.54, 1.807) is 7.11 Å². The summed E-state index contributed by atoms with van der Waals surface area (Å²) in [6, 6.07) is 7.49. The Hall–Kier alpha value is -1.59. The van der Waals surface area contributed by atoms with E-state index in [-0.39, 0.29) is 6.61 Å². The van der Waals surface area contributed by atoms with E-state index >= 15 is 0 Å². The van der Waals surface area contributed by atoms with E-state index in [1.165, 1.54) is 7.11 Å². The van der Waals surface area contributed by atoms with Gasteiger partial charge in [-0.25, -0.2) is 4.79 Å². The zero-order valence-electron chi connectivity index (χ0n) is 9.36. The second-order valence-corrected chi connectivity index (χ2v) is 3.04. The van der Waals surface area contributed by atoms with Crippen molar-refractivity contribution in [2.45, 2.75) is 6.54 Å². The zero-order valence-corrected chi connectivity index (χ0v) is 9.36. The van der Waals surface area contributed by atoms with Crippen LogP contribution in [0, 0.1) is 0 Å². The number of nitrogens with one attached hydrogen (secondary N) is 1. The molecule has 0 saturated heterocycles. The smallest absolute Gasteiger partial charge is 0.350 e. The molecule has 0 unspecified atom stereocenters. The number of hydroxylamine groups is 1. The van der Waals surface area contributed by atoms with Crippen LogP contribution in [0.1, 0.15) is 5.56 Å². The SMILES string of the molecule is COCC(=O)ONCc1ccccc1OC. The molecule has 1 rings (SSSR count). The average molecular weight is 225 g/mol. The van der Waals surface area contributed by atoms with Gasteiger partial charge in [-0.1, -0.05) is 18.2 Å². The molecule has 0 aromatic heterocycles. The Morgan fingerprint density at radius 2 is 2.06 bits per heavy atom. The van der Waals surface area contributed by atoms with Crippen molar-refractivity contribution < 1.29 is 19.1 Å². The van der Waals surface area contributed by atoms with Gasteiger partial charge in [-0.3, -0.25) is 0 Å². The molecular weight excluding hydrogens is 210 g/mol. The molecule has 0 spiro atoms. The molecule has 1 aromatic carbocycles. The van der Waals surface area contributed by atoms with Gasteiger partial charge in [-0.2, -0.15) is 0 Å². The maximum Gasteiger partial charge on any atom is 0.350 e. The summed E-state index contributed by atoms with van der Waals surface area (Å²) >= 11 is 0. The fourth-order valence-corrected chi connectivity index (χ4v) is 1.19. The number of benzene rings is 1. The van der Waals surface area contributed by atoms with Crippen LogP contribution in [0.25, 0.3) is 0 Å². The fourth-order valence-electron chi connectivity index (χ4n) is 1.19. The molecule has 0 aliphatic carbocycles. The van der Waals surface area contributed by atoms with E-state index in [4.69, 9.17) is 9.57 Å². The highest BCUT2D eigenvalue weighted by Gasteiger charge is 2.04. The molecule has 5 heteroatoms. The number of carbonyl (C=O) groups excluding carboxylic acids is 1. The lowest BCUT2D eigenvalue weighted by Gasteiger charge is -2.09. The highest BCUT2D eigenvalue weighted by Crippen LogP contribution is 2.16. The third-order valence-electron chi connectivity index (χ3n) is 1.90. The minimum absolute atomic E-state index is 0.0705. The van der Waals surface area contributed by atoms with Crippen molar-refractivity contribution >= 4 is 5.97 Å². The van der Waals surface area contributed by atoms with Gasteiger partial charge in [-0.05, 0) is 6.07 Å². The minimum Gasteiger partial charge on any atom is -0.496 e. The van der Waals surface area contributed by atoms with E-state index < -0.39 is 5.97 Å². The standard InChI is InChI=1S/C11H15NO4/c1-14-8-11(13)16-12-7-9-5-3-4-6-10(9)15-2/h3-6,12H,7-8H2,1-2H3. The Labute approximate surface area is 94.3 Å². The van der Waals surface area contributed by atoms with Gasteiger partial charge in [-0.15, -0.1) is 5.48 Å². The van der Waals surface area contributed by atoms with Crippen LogP contribution < -0.4 is 10.2 Å². The molecule has 0 atom stereocenters. The monoisotopic (exact) mass is 225 g/mol. The zero-order chi connectivity index (χ0) is 11.8. The number of carbonyl (C=O) groups is 1. The highest BCUT2D eigenvalue weighted by molar-refractivity contribution is 5.70. The van der Waals surface area contributed by atoms with Crippen LogP contribution in [0.5, 0.6) is 5.75 Å². The third kappa shape index (κ3) is 3.88. The second kappa shape index (κ2) is 6.81. The fraction of sp³-hybridized carbons (Fsp3) is 0.364. The molecule has 0 bridgehead atoms. The third-order valence-corrected chi connectivity index (χ3v) is 1.90. The molecule has 0 aliphatic heterocycles. The van der Waals surface area contributed by atoms with Crippen molar-refractivity contribution in [3.8, 4) is 5.75 Å². The summed E-state index contributed by atoms with van der Waals surface area (Å²) in [4.78, 5) is 15.7. The van der Waals surface area contributed by atoms with Crippen LogP contribution in [0.2, 0.25) is 0 Å². The Bertz CT molecular complexity index is 341. The van der Waals surface area contributed by atoms with Crippen molar-refractivity contribution in [3.05, 3.63) is 29.8 Å². The Kier molecular flexibility index (Phi) is 5.31. The first kappa shape index (κ1) is 12.5. The summed E-state index contributed by atoms with van der Waals surface area (Å²) in [6.07, 6.45) is 0. The van der Waals surface area contributed by atoms with Crippen LogP contribution >= 0.6 is 0 Å². The first-order valence-corrected chi connectivity index (χ1v) is 4.81. The lowest BCUT2D eigenvalue weighted by molar-refractivity contribution is -0.155. The molecular formula is C11H15NO4. The van der Waals surface area contributed by atoms with Gasteiger partial charge < -0.3 is 14.3 Å². The molecule has 16 heavy (non-hydrogen) atoms. The number of rotatable bonds is 6. The van der Waals surface area contributed by atoms with Gasteiger partial charge in [0.15, 0.2) is 0 Å². The largest absolute Gasteiger partial charge is 0.496 e. The first-order valence-electron chi connectivity index (χ1n) is 4.81. The van der Waals surface area contributed by atoms with Crippen LogP contribution in [0.4, 0.5) is 0 Å². The van der Waals surface area contributed by atoms with Gasteiger partial charge in [0.2, 0.25) is 0 Å². The Morgan fingerprint density at radius 1 is 1.31 bits per heavy atom. The molecule has 0 heterocycles.